The van der Waals surface area contributed by atoms with Crippen LogP contribution in [0.2, 0.25) is 0 Å². The van der Waals surface area contributed by atoms with Gasteiger partial charge in [-0.15, -0.1) is 11.8 Å². The van der Waals surface area contributed by atoms with Crippen LogP contribution in [0.25, 0.3) is 0 Å². The zero-order valence-corrected chi connectivity index (χ0v) is 29.4. The maximum absolute atomic E-state index is 12.5. The van der Waals surface area contributed by atoms with Crippen molar-refractivity contribution in [2.45, 2.75) is 123 Å². The summed E-state index contributed by atoms with van der Waals surface area (Å²) >= 11 is 5.26. The molecule has 0 aliphatic heterocycles. The number of carbonyl (C=O) groups excluding carboxylic acids is 2. The van der Waals surface area contributed by atoms with Gasteiger partial charge in [0, 0.05) is 11.5 Å². The van der Waals surface area contributed by atoms with E-state index in [1.807, 2.05) is 0 Å². The number of carboxylic acid groups (broad SMARTS) is 1. The topological polar surface area (TPSA) is 136 Å². The summed E-state index contributed by atoms with van der Waals surface area (Å²) in [5.74, 6) is 2.79. The van der Waals surface area contributed by atoms with Gasteiger partial charge in [-0.25, -0.2) is 0 Å². The number of thiol groups is 1. The Morgan fingerprint density at radius 1 is 1.09 bits per heavy atom. The summed E-state index contributed by atoms with van der Waals surface area (Å²) in [6, 6.07) is -1.84. The molecule has 0 aromatic carbocycles. The number of amides is 2. The first-order valence-electron chi connectivity index (χ1n) is 17.2. The minimum absolute atomic E-state index is 0.0197. The van der Waals surface area contributed by atoms with Crippen molar-refractivity contribution in [2.75, 3.05) is 11.5 Å². The lowest BCUT2D eigenvalue weighted by molar-refractivity contribution is -0.137. The van der Waals surface area contributed by atoms with Crippen LogP contribution in [-0.4, -0.2) is 51.7 Å². The Morgan fingerprint density at radius 2 is 1.82 bits per heavy atom. The number of carbonyl (C=O) groups is 3. The Bertz CT molecular complexity index is 1080. The third-order valence-corrected chi connectivity index (χ3v) is 14.5. The van der Waals surface area contributed by atoms with Crippen LogP contribution in [0.4, 0.5) is 0 Å². The highest BCUT2D eigenvalue weighted by Crippen LogP contribution is 2.67. The summed E-state index contributed by atoms with van der Waals surface area (Å²) in [5.41, 5.74) is 13.3. The van der Waals surface area contributed by atoms with Crippen molar-refractivity contribution in [1.82, 2.24) is 5.32 Å². The number of rotatable bonds is 14. The molecule has 0 heterocycles. The van der Waals surface area contributed by atoms with Gasteiger partial charge < -0.3 is 21.9 Å². The average Bonchev–Trinajstić information content (AvgIpc) is 3.32. The van der Waals surface area contributed by atoms with Gasteiger partial charge in [-0.2, -0.15) is 12.6 Å². The van der Waals surface area contributed by atoms with E-state index in [1.165, 1.54) is 62.3 Å². The van der Waals surface area contributed by atoms with E-state index in [0.717, 1.165) is 55.3 Å². The number of hydrogen-bond acceptors (Lipinski definition) is 6. The van der Waals surface area contributed by atoms with Crippen molar-refractivity contribution < 1.29 is 19.5 Å². The van der Waals surface area contributed by atoms with Crippen molar-refractivity contribution in [3.8, 4) is 0 Å². The molecule has 0 bridgehead atoms. The van der Waals surface area contributed by atoms with Gasteiger partial charge in [-0.3, -0.25) is 14.4 Å². The molecule has 5 unspecified atom stereocenters. The molecule has 250 valence electrons. The highest BCUT2D eigenvalue weighted by atomic mass is 32.2. The van der Waals surface area contributed by atoms with Crippen molar-refractivity contribution in [3.05, 3.63) is 11.6 Å². The molecule has 0 aromatic heterocycles. The summed E-state index contributed by atoms with van der Waals surface area (Å²) in [5, 5.41) is 12.2. The van der Waals surface area contributed by atoms with Crippen LogP contribution in [-0.2, 0) is 14.4 Å². The molecule has 0 aromatic rings. The maximum Gasteiger partial charge on any atom is 0.316 e. The van der Waals surface area contributed by atoms with Gasteiger partial charge in [0.15, 0.2) is 0 Å². The molecule has 0 spiro atoms. The van der Waals surface area contributed by atoms with Crippen LogP contribution >= 0.6 is 24.4 Å². The van der Waals surface area contributed by atoms with Crippen molar-refractivity contribution in [2.24, 2.45) is 63.7 Å². The summed E-state index contributed by atoms with van der Waals surface area (Å²) in [6.45, 7) is 12.3. The van der Waals surface area contributed by atoms with Gasteiger partial charge in [0.25, 0.3) is 0 Å². The first-order valence-corrected chi connectivity index (χ1v) is 18.9. The highest BCUT2D eigenvalue weighted by molar-refractivity contribution is 8.00. The first-order chi connectivity index (χ1) is 20.7. The SMILES string of the molecule is CC(C)CCC[C@@H](C)[C@H]1CCC2C3CC=C4CC(C(SC[C@H](NC(=O)[C@@H](N)CS)C(N)=O)C(=O)O)CC[C@]4(C)C3CC[C@@]21C. The number of allylic oxidation sites excluding steroid dienone is 2. The molecule has 4 rings (SSSR count). The smallest absolute Gasteiger partial charge is 0.316 e. The number of thioether (sulfide) groups is 1. The fourth-order valence-electron chi connectivity index (χ4n) is 10.1. The van der Waals surface area contributed by atoms with Crippen LogP contribution in [0.3, 0.4) is 0 Å². The van der Waals surface area contributed by atoms with Gasteiger partial charge in [0.05, 0.1) is 6.04 Å². The van der Waals surface area contributed by atoms with Gasteiger partial charge in [0.1, 0.15) is 11.3 Å². The fraction of sp³-hybridized carbons (Fsp3) is 0.857. The molecule has 9 heteroatoms. The number of nitrogens with two attached hydrogens (primary N) is 2. The van der Waals surface area contributed by atoms with Gasteiger partial charge in [0.2, 0.25) is 11.8 Å². The number of fused-ring (bicyclic) bond motifs is 5. The van der Waals surface area contributed by atoms with E-state index >= 15 is 0 Å². The minimum atomic E-state index is -0.978. The molecule has 7 nitrogen and oxygen atoms in total. The van der Waals surface area contributed by atoms with Crippen LogP contribution in [0.15, 0.2) is 11.6 Å². The number of hydrogen-bond donors (Lipinski definition) is 5. The van der Waals surface area contributed by atoms with E-state index in [0.29, 0.717) is 11.3 Å². The molecule has 2 amide bonds. The second kappa shape index (κ2) is 14.7. The van der Waals surface area contributed by atoms with Gasteiger partial charge in [-0.1, -0.05) is 65.5 Å². The van der Waals surface area contributed by atoms with Crippen LogP contribution in [0.5, 0.6) is 0 Å². The zero-order chi connectivity index (χ0) is 32.4. The standard InChI is InChI=1S/C35H59N3O4S2/c1-20(2)7-6-8-21(3)25-11-12-26-24-10-9-23-17-22(13-15-34(23,4)27(24)14-16-35(25,26)5)30(33(41)42)44-19-29(31(37)39)38-32(40)28(36)18-43/h9,20-22,24-30,43H,6-8,10-19,36H2,1-5H3,(H2,37,39)(H,38,40)(H,41,42)/t21-,22?,24?,25-,26?,27?,28+,29+,30?,34+,35-/m1/s1. The molecule has 6 N–H and O–H groups in total. The molecular formula is C35H59N3O4S2. The Hall–Kier alpha value is -1.19. The largest absolute Gasteiger partial charge is 0.480 e. The quantitative estimate of drug-likeness (QED) is 0.115. The average molecular weight is 650 g/mol. The molecular weight excluding hydrogens is 591 g/mol. The third-order valence-electron chi connectivity index (χ3n) is 12.7. The minimum Gasteiger partial charge on any atom is -0.480 e. The van der Waals surface area contributed by atoms with Crippen LogP contribution in [0.1, 0.15) is 105 Å². The molecule has 0 saturated heterocycles. The van der Waals surface area contributed by atoms with Crippen LogP contribution in [0, 0.1) is 52.3 Å². The monoisotopic (exact) mass is 649 g/mol. The molecule has 0 radical (unpaired) electrons. The van der Waals surface area contributed by atoms with E-state index in [2.05, 4.69) is 58.6 Å². The highest BCUT2D eigenvalue weighted by Gasteiger charge is 2.59. The normalized spacial score (nSPS) is 35.8. The van der Waals surface area contributed by atoms with Gasteiger partial charge >= 0.3 is 5.97 Å². The second-order valence-electron chi connectivity index (χ2n) is 15.6. The summed E-state index contributed by atoms with van der Waals surface area (Å²) < 4.78 is 0. The molecule has 3 fully saturated rings. The number of nitrogens with one attached hydrogen (secondary N) is 1. The molecule has 11 atom stereocenters. The number of primary amides is 1. The summed E-state index contributed by atoms with van der Waals surface area (Å²) in [7, 11) is 0. The first kappa shape index (κ1) is 35.7. The summed E-state index contributed by atoms with van der Waals surface area (Å²) in [6.07, 6.45) is 15.7. The van der Waals surface area contributed by atoms with E-state index < -0.39 is 35.1 Å². The number of aliphatic carboxylic acids is 1. The Kier molecular flexibility index (Phi) is 11.9. The third kappa shape index (κ3) is 7.35. The van der Waals surface area contributed by atoms with E-state index in [-0.39, 0.29) is 22.8 Å². The summed E-state index contributed by atoms with van der Waals surface area (Å²) in [4.78, 5) is 36.8. The van der Waals surface area contributed by atoms with Crippen molar-refractivity contribution in [3.63, 3.8) is 0 Å². The van der Waals surface area contributed by atoms with Gasteiger partial charge in [-0.05, 0) is 104 Å². The zero-order valence-electron chi connectivity index (χ0n) is 27.7. The van der Waals surface area contributed by atoms with Crippen LogP contribution < -0.4 is 16.8 Å². The van der Waals surface area contributed by atoms with E-state index in [1.54, 1.807) is 0 Å². The Morgan fingerprint density at radius 3 is 2.45 bits per heavy atom. The van der Waals surface area contributed by atoms with Crippen molar-refractivity contribution >= 4 is 42.2 Å². The number of carboxylic acids is 1. The lowest BCUT2D eigenvalue weighted by Crippen LogP contribution is -2.52. The molecule has 44 heavy (non-hydrogen) atoms. The fourth-order valence-corrected chi connectivity index (χ4v) is 11.6. The van der Waals surface area contributed by atoms with E-state index in [9.17, 15) is 19.5 Å². The lowest BCUT2D eigenvalue weighted by Gasteiger charge is -2.59. The molecule has 3 saturated carbocycles. The predicted molar refractivity (Wildman–Crippen MR) is 183 cm³/mol. The van der Waals surface area contributed by atoms with E-state index in [4.69, 9.17) is 11.5 Å². The predicted octanol–water partition coefficient (Wildman–Crippen LogP) is 6.06. The molecule has 4 aliphatic carbocycles. The Labute approximate surface area is 275 Å². The van der Waals surface area contributed by atoms with Crippen molar-refractivity contribution in [1.29, 1.82) is 0 Å². The second-order valence-corrected chi connectivity index (χ2v) is 17.2. The molecule has 4 aliphatic rings. The Balaban J connectivity index is 1.42. The maximum atomic E-state index is 12.5. The lowest BCUT2D eigenvalue weighted by atomic mass is 9.46.